The molecular formula is C23H28N4O2. The summed E-state index contributed by atoms with van der Waals surface area (Å²) in [5, 5.41) is 14.1. The van der Waals surface area contributed by atoms with Gasteiger partial charge >= 0.3 is 5.97 Å². The van der Waals surface area contributed by atoms with Crippen molar-refractivity contribution in [1.82, 2.24) is 19.7 Å². The molecule has 152 valence electrons. The van der Waals surface area contributed by atoms with Gasteiger partial charge in [0.25, 0.3) is 0 Å². The lowest BCUT2D eigenvalue weighted by atomic mass is 10.0. The molecule has 6 nitrogen and oxygen atoms in total. The van der Waals surface area contributed by atoms with E-state index in [-0.39, 0.29) is 5.56 Å². The van der Waals surface area contributed by atoms with Crippen LogP contribution in [0.15, 0.2) is 42.6 Å². The first-order valence-electron chi connectivity index (χ1n) is 10.2. The average molecular weight is 393 g/mol. The van der Waals surface area contributed by atoms with Crippen molar-refractivity contribution in [3.8, 4) is 11.3 Å². The van der Waals surface area contributed by atoms with Crippen LogP contribution < -0.4 is 0 Å². The van der Waals surface area contributed by atoms with E-state index in [0.29, 0.717) is 23.6 Å². The van der Waals surface area contributed by atoms with Gasteiger partial charge in [0.1, 0.15) is 5.82 Å². The number of aromatic carboxylic acids is 1. The molecule has 0 saturated carbocycles. The number of rotatable bonds is 9. The second-order valence-electron chi connectivity index (χ2n) is 7.68. The zero-order valence-electron chi connectivity index (χ0n) is 17.3. The van der Waals surface area contributed by atoms with E-state index in [1.54, 1.807) is 24.4 Å². The lowest BCUT2D eigenvalue weighted by Crippen LogP contribution is -2.06. The van der Waals surface area contributed by atoms with E-state index in [0.717, 1.165) is 43.0 Å². The van der Waals surface area contributed by atoms with Crippen LogP contribution in [-0.4, -0.2) is 30.8 Å². The maximum absolute atomic E-state index is 11.5. The minimum Gasteiger partial charge on any atom is -0.478 e. The van der Waals surface area contributed by atoms with Gasteiger partial charge < -0.3 is 5.11 Å². The van der Waals surface area contributed by atoms with Gasteiger partial charge in [0.15, 0.2) is 5.82 Å². The minimum atomic E-state index is -0.951. The molecule has 0 spiro atoms. The maximum atomic E-state index is 11.5. The first-order chi connectivity index (χ1) is 14.0. The number of aryl methyl sites for hydroxylation is 2. The summed E-state index contributed by atoms with van der Waals surface area (Å²) in [5.74, 6) is 1.53. The Morgan fingerprint density at radius 3 is 2.62 bits per heavy atom. The SMILES string of the molecule is CCCn1nc(CCC(C)C)nc1Cc1ccc(-c2ccccc2C(=O)O)nc1. The zero-order valence-corrected chi connectivity index (χ0v) is 17.3. The highest BCUT2D eigenvalue weighted by Crippen LogP contribution is 2.22. The van der Waals surface area contributed by atoms with Crippen molar-refractivity contribution in [3.05, 3.63) is 65.4 Å². The van der Waals surface area contributed by atoms with Gasteiger partial charge in [0.2, 0.25) is 0 Å². The third-order valence-electron chi connectivity index (χ3n) is 4.79. The van der Waals surface area contributed by atoms with Crippen LogP contribution in [0.25, 0.3) is 11.3 Å². The number of nitrogens with zero attached hydrogens (tertiary/aromatic N) is 4. The Hall–Kier alpha value is -3.02. The van der Waals surface area contributed by atoms with Gasteiger partial charge in [-0.15, -0.1) is 0 Å². The summed E-state index contributed by atoms with van der Waals surface area (Å²) in [6.45, 7) is 7.40. The first kappa shape index (κ1) is 20.7. The van der Waals surface area contributed by atoms with E-state index >= 15 is 0 Å². The van der Waals surface area contributed by atoms with Crippen LogP contribution in [0, 0.1) is 5.92 Å². The molecule has 2 heterocycles. The number of hydrogen-bond donors (Lipinski definition) is 1. The Bertz CT molecular complexity index is 961. The third kappa shape index (κ3) is 5.28. The van der Waals surface area contributed by atoms with E-state index in [1.807, 2.05) is 22.9 Å². The summed E-state index contributed by atoms with van der Waals surface area (Å²) in [5.41, 5.74) is 2.56. The molecule has 1 aromatic carbocycles. The molecule has 0 fully saturated rings. The second-order valence-corrected chi connectivity index (χ2v) is 7.68. The number of hydrogen-bond acceptors (Lipinski definition) is 4. The minimum absolute atomic E-state index is 0.255. The Kier molecular flexibility index (Phi) is 6.75. The molecule has 0 aliphatic heterocycles. The zero-order chi connectivity index (χ0) is 20.8. The number of aromatic nitrogens is 4. The normalized spacial score (nSPS) is 11.2. The number of benzene rings is 1. The summed E-state index contributed by atoms with van der Waals surface area (Å²) in [6.07, 6.45) is 5.43. The molecule has 0 saturated heterocycles. The molecule has 29 heavy (non-hydrogen) atoms. The Morgan fingerprint density at radius 2 is 1.97 bits per heavy atom. The van der Waals surface area contributed by atoms with Crippen molar-refractivity contribution in [3.63, 3.8) is 0 Å². The molecule has 0 radical (unpaired) electrons. The van der Waals surface area contributed by atoms with Crippen LogP contribution >= 0.6 is 0 Å². The smallest absolute Gasteiger partial charge is 0.336 e. The van der Waals surface area contributed by atoms with Gasteiger partial charge in [-0.2, -0.15) is 5.10 Å². The summed E-state index contributed by atoms with van der Waals surface area (Å²) in [4.78, 5) is 20.7. The highest BCUT2D eigenvalue weighted by molar-refractivity contribution is 5.95. The molecule has 0 atom stereocenters. The fraction of sp³-hybridized carbons (Fsp3) is 0.391. The number of pyridine rings is 1. The van der Waals surface area contributed by atoms with Crippen LogP contribution in [-0.2, 0) is 19.4 Å². The molecule has 2 aromatic heterocycles. The van der Waals surface area contributed by atoms with Gasteiger partial charge in [-0.05, 0) is 36.5 Å². The lowest BCUT2D eigenvalue weighted by Gasteiger charge is -2.07. The molecule has 0 unspecified atom stereocenters. The molecule has 6 heteroatoms. The summed E-state index contributed by atoms with van der Waals surface area (Å²) >= 11 is 0. The fourth-order valence-electron chi connectivity index (χ4n) is 3.24. The van der Waals surface area contributed by atoms with Gasteiger partial charge in [0, 0.05) is 31.1 Å². The quantitative estimate of drug-likeness (QED) is 0.574. The Morgan fingerprint density at radius 1 is 1.17 bits per heavy atom. The highest BCUT2D eigenvalue weighted by Gasteiger charge is 2.14. The average Bonchev–Trinajstić information content (AvgIpc) is 3.08. The van der Waals surface area contributed by atoms with E-state index < -0.39 is 5.97 Å². The second kappa shape index (κ2) is 9.45. The van der Waals surface area contributed by atoms with Crippen LogP contribution in [0.1, 0.15) is 61.2 Å². The third-order valence-corrected chi connectivity index (χ3v) is 4.79. The topological polar surface area (TPSA) is 80.9 Å². The molecule has 0 aliphatic carbocycles. The molecule has 0 bridgehead atoms. The lowest BCUT2D eigenvalue weighted by molar-refractivity contribution is 0.0697. The van der Waals surface area contributed by atoms with Crippen molar-refractivity contribution in [2.45, 2.75) is 53.0 Å². The molecule has 1 N–H and O–H groups in total. The Labute approximate surface area is 171 Å². The molecule has 0 amide bonds. The molecule has 3 rings (SSSR count). The van der Waals surface area contributed by atoms with Crippen molar-refractivity contribution < 1.29 is 9.90 Å². The largest absolute Gasteiger partial charge is 0.478 e. The van der Waals surface area contributed by atoms with Gasteiger partial charge in [-0.25, -0.2) is 14.5 Å². The predicted molar refractivity (Wildman–Crippen MR) is 113 cm³/mol. The fourth-order valence-corrected chi connectivity index (χ4v) is 3.24. The van der Waals surface area contributed by atoms with Crippen LogP contribution in [0.5, 0.6) is 0 Å². The summed E-state index contributed by atoms with van der Waals surface area (Å²) in [6, 6.07) is 10.8. The van der Waals surface area contributed by atoms with E-state index in [2.05, 4.69) is 30.9 Å². The number of carboxylic acid groups (broad SMARTS) is 1. The van der Waals surface area contributed by atoms with Crippen molar-refractivity contribution in [2.24, 2.45) is 5.92 Å². The standard InChI is InChI=1S/C23H28N4O2/c1-4-13-27-22(25-21(26-27)12-9-16(2)3)14-17-10-11-20(24-15-17)18-7-5-6-8-19(18)23(28)29/h5-8,10-11,15-16H,4,9,12-14H2,1-3H3,(H,28,29). The van der Waals surface area contributed by atoms with Crippen molar-refractivity contribution in [2.75, 3.05) is 0 Å². The number of carbonyl (C=O) groups is 1. The Balaban J connectivity index is 1.80. The van der Waals surface area contributed by atoms with Crippen LogP contribution in [0.4, 0.5) is 0 Å². The van der Waals surface area contributed by atoms with E-state index in [9.17, 15) is 9.90 Å². The predicted octanol–water partition coefficient (Wildman–Crippen LogP) is 4.63. The highest BCUT2D eigenvalue weighted by atomic mass is 16.4. The summed E-state index contributed by atoms with van der Waals surface area (Å²) in [7, 11) is 0. The van der Waals surface area contributed by atoms with Crippen LogP contribution in [0.3, 0.4) is 0 Å². The van der Waals surface area contributed by atoms with E-state index in [4.69, 9.17) is 4.98 Å². The first-order valence-corrected chi connectivity index (χ1v) is 10.2. The maximum Gasteiger partial charge on any atom is 0.336 e. The van der Waals surface area contributed by atoms with Crippen LogP contribution in [0.2, 0.25) is 0 Å². The molecular weight excluding hydrogens is 364 g/mol. The van der Waals surface area contributed by atoms with Gasteiger partial charge in [-0.3, -0.25) is 4.98 Å². The van der Waals surface area contributed by atoms with Crippen molar-refractivity contribution in [1.29, 1.82) is 0 Å². The van der Waals surface area contributed by atoms with Gasteiger partial charge in [-0.1, -0.05) is 45.0 Å². The van der Waals surface area contributed by atoms with Crippen molar-refractivity contribution >= 4 is 5.97 Å². The number of carboxylic acids is 1. The van der Waals surface area contributed by atoms with Gasteiger partial charge in [0.05, 0.1) is 11.3 Å². The molecule has 3 aromatic rings. The monoisotopic (exact) mass is 392 g/mol. The summed E-state index contributed by atoms with van der Waals surface area (Å²) < 4.78 is 2.00. The molecule has 0 aliphatic rings. The van der Waals surface area contributed by atoms with E-state index in [1.165, 1.54) is 0 Å².